The molecule has 1 N–H and O–H groups in total. The molecule has 1 unspecified atom stereocenters. The zero-order valence-corrected chi connectivity index (χ0v) is 11.8. The van der Waals surface area contributed by atoms with Crippen LogP contribution in [0.2, 0.25) is 0 Å². The molecule has 0 aromatic heterocycles. The summed E-state index contributed by atoms with van der Waals surface area (Å²) in [5.74, 6) is -3.18. The third-order valence-electron chi connectivity index (χ3n) is 2.13. The summed E-state index contributed by atoms with van der Waals surface area (Å²) in [4.78, 5) is 33.1. The smallest absolute Gasteiger partial charge is 0.329 e. The minimum Gasteiger partial charge on any atom is -0.469 e. The maximum absolute atomic E-state index is 11.7. The molecule has 1 amide bonds. The maximum atomic E-state index is 11.7. The monoisotopic (exact) mass is 295 g/mol. The van der Waals surface area contributed by atoms with Crippen molar-refractivity contribution in [3.8, 4) is 0 Å². The van der Waals surface area contributed by atoms with Crippen LogP contribution >= 0.6 is 0 Å². The van der Waals surface area contributed by atoms with Crippen molar-refractivity contribution in [2.75, 3.05) is 25.7 Å². The first kappa shape index (κ1) is 17.4. The molecule has 0 bridgehead atoms. The first-order valence-corrected chi connectivity index (χ1v) is 7.16. The molecule has 1 atom stereocenters. The summed E-state index contributed by atoms with van der Waals surface area (Å²) in [6.45, 7) is 1.15. The lowest BCUT2D eigenvalue weighted by molar-refractivity contribution is -0.144. The molecule has 19 heavy (non-hydrogen) atoms. The summed E-state index contributed by atoms with van der Waals surface area (Å²) in [5, 5.41) is 2.18. The molecule has 0 fully saturated rings. The van der Waals surface area contributed by atoms with Crippen LogP contribution in [0.4, 0.5) is 0 Å². The molecule has 0 aliphatic rings. The molecule has 0 spiro atoms. The Bertz CT molecular complexity index is 443. The fraction of sp³-hybridized carbons (Fsp3) is 0.700. The van der Waals surface area contributed by atoms with Gasteiger partial charge >= 0.3 is 11.9 Å². The summed E-state index contributed by atoms with van der Waals surface area (Å²) in [7, 11) is -1.48. The maximum Gasteiger partial charge on any atom is 0.329 e. The van der Waals surface area contributed by atoms with Crippen LogP contribution in [0.25, 0.3) is 0 Å². The van der Waals surface area contributed by atoms with Crippen molar-refractivity contribution in [2.24, 2.45) is 0 Å². The van der Waals surface area contributed by atoms with Crippen molar-refractivity contribution in [3.05, 3.63) is 0 Å². The van der Waals surface area contributed by atoms with E-state index in [-0.39, 0.29) is 6.42 Å². The number of carbonyl (C=O) groups is 3. The van der Waals surface area contributed by atoms with E-state index >= 15 is 0 Å². The van der Waals surface area contributed by atoms with E-state index in [1.807, 2.05) is 0 Å². The normalized spacial score (nSPS) is 12.4. The van der Waals surface area contributed by atoms with Crippen LogP contribution in [0.5, 0.6) is 0 Å². The van der Waals surface area contributed by atoms with Crippen LogP contribution < -0.4 is 5.32 Å². The largest absolute Gasteiger partial charge is 0.469 e. The van der Waals surface area contributed by atoms with E-state index in [0.717, 1.165) is 21.1 Å². The number of sulfone groups is 1. The molecular weight excluding hydrogens is 278 g/mol. The van der Waals surface area contributed by atoms with Gasteiger partial charge in [0.2, 0.25) is 5.91 Å². The lowest BCUT2D eigenvalue weighted by Gasteiger charge is -2.15. The lowest BCUT2D eigenvalue weighted by atomic mass is 10.3. The first-order valence-electron chi connectivity index (χ1n) is 5.34. The zero-order valence-electron chi connectivity index (χ0n) is 11.0. The Balaban J connectivity index is 4.68. The second-order valence-corrected chi connectivity index (χ2v) is 5.95. The van der Waals surface area contributed by atoms with Gasteiger partial charge in [0.25, 0.3) is 0 Å². The third kappa shape index (κ3) is 7.39. The number of carbonyl (C=O) groups excluding carboxylic acids is 3. The molecule has 0 saturated heterocycles. The Kier molecular flexibility index (Phi) is 7.05. The minimum absolute atomic E-state index is 0.313. The third-order valence-corrected chi connectivity index (χ3v) is 3.80. The van der Waals surface area contributed by atoms with Gasteiger partial charge in [-0.2, -0.15) is 0 Å². The fourth-order valence-corrected chi connectivity index (χ4v) is 2.61. The van der Waals surface area contributed by atoms with E-state index in [2.05, 4.69) is 14.8 Å². The molecule has 8 nitrogen and oxygen atoms in total. The first-order chi connectivity index (χ1) is 8.71. The van der Waals surface area contributed by atoms with Gasteiger partial charge in [0.1, 0.15) is 6.04 Å². The van der Waals surface area contributed by atoms with E-state index in [1.165, 1.54) is 0 Å². The molecule has 9 heteroatoms. The van der Waals surface area contributed by atoms with Crippen LogP contribution in [0.1, 0.15) is 13.3 Å². The lowest BCUT2D eigenvalue weighted by Crippen LogP contribution is -2.45. The average molecular weight is 295 g/mol. The summed E-state index contributed by atoms with van der Waals surface area (Å²) in [6, 6.07) is -1.29. The predicted octanol–water partition coefficient (Wildman–Crippen LogP) is -1.36. The van der Waals surface area contributed by atoms with Gasteiger partial charge in [-0.15, -0.1) is 0 Å². The molecule has 0 aliphatic carbocycles. The molecule has 0 aromatic carbocycles. The van der Waals surface area contributed by atoms with E-state index in [9.17, 15) is 22.8 Å². The van der Waals surface area contributed by atoms with Gasteiger partial charge in [-0.3, -0.25) is 9.59 Å². The number of amides is 1. The van der Waals surface area contributed by atoms with Gasteiger partial charge < -0.3 is 14.8 Å². The van der Waals surface area contributed by atoms with Crippen molar-refractivity contribution >= 4 is 27.7 Å². The van der Waals surface area contributed by atoms with Crippen molar-refractivity contribution in [2.45, 2.75) is 19.4 Å². The van der Waals surface area contributed by atoms with Crippen molar-refractivity contribution < 1.29 is 32.3 Å². The number of nitrogens with one attached hydrogen (secondary N) is 1. The van der Waals surface area contributed by atoms with E-state index in [1.54, 1.807) is 0 Å². The Morgan fingerprint density at radius 3 is 2.16 bits per heavy atom. The average Bonchev–Trinajstić information content (AvgIpc) is 2.33. The Hall–Kier alpha value is -1.64. The number of esters is 2. The Morgan fingerprint density at radius 1 is 1.16 bits per heavy atom. The summed E-state index contributed by atoms with van der Waals surface area (Å²) >= 11 is 0. The molecule has 0 aromatic rings. The summed E-state index contributed by atoms with van der Waals surface area (Å²) < 4.78 is 32.1. The quantitative estimate of drug-likeness (QED) is 0.577. The van der Waals surface area contributed by atoms with Crippen LogP contribution in [-0.4, -0.2) is 58.0 Å². The second-order valence-electron chi connectivity index (χ2n) is 3.72. The Morgan fingerprint density at radius 2 is 1.74 bits per heavy atom. The van der Waals surface area contributed by atoms with Gasteiger partial charge in [0.05, 0.1) is 32.1 Å². The highest BCUT2D eigenvalue weighted by molar-refractivity contribution is 7.91. The molecule has 110 valence electrons. The fourth-order valence-electron chi connectivity index (χ4n) is 1.23. The molecule has 0 heterocycles. The number of rotatable bonds is 7. The van der Waals surface area contributed by atoms with E-state index in [0.29, 0.717) is 0 Å². The number of ether oxygens (including phenoxy) is 2. The summed E-state index contributed by atoms with van der Waals surface area (Å²) in [6.07, 6.45) is -0.313. The van der Waals surface area contributed by atoms with E-state index in [4.69, 9.17) is 0 Å². The second kappa shape index (κ2) is 7.72. The van der Waals surface area contributed by atoms with E-state index < -0.39 is 45.2 Å². The number of methoxy groups -OCH3 is 2. The van der Waals surface area contributed by atoms with Gasteiger partial charge in [-0.1, -0.05) is 0 Å². The van der Waals surface area contributed by atoms with Gasteiger partial charge in [-0.25, -0.2) is 13.2 Å². The van der Waals surface area contributed by atoms with Gasteiger partial charge in [-0.05, 0) is 0 Å². The summed E-state index contributed by atoms with van der Waals surface area (Å²) in [5.41, 5.74) is 0. The standard InChI is InChI=1S/C10H17NO7S/c1-7(12)11-8(10(14)18-3)6-19(15,16)5-4-9(13)17-2/h8H,4-6H2,1-3H3,(H,11,12). The van der Waals surface area contributed by atoms with Crippen LogP contribution in [0.3, 0.4) is 0 Å². The minimum atomic E-state index is -3.70. The highest BCUT2D eigenvalue weighted by Gasteiger charge is 2.27. The number of hydrogen-bond acceptors (Lipinski definition) is 7. The zero-order chi connectivity index (χ0) is 15.1. The molecule has 0 radical (unpaired) electrons. The SMILES string of the molecule is COC(=O)CCS(=O)(=O)CC(NC(C)=O)C(=O)OC. The van der Waals surface area contributed by atoms with Crippen LogP contribution in [0, 0.1) is 0 Å². The predicted molar refractivity (Wildman–Crippen MR) is 64.9 cm³/mol. The molecule has 0 rings (SSSR count). The van der Waals surface area contributed by atoms with Crippen LogP contribution in [0.15, 0.2) is 0 Å². The van der Waals surface area contributed by atoms with Crippen molar-refractivity contribution in [3.63, 3.8) is 0 Å². The van der Waals surface area contributed by atoms with Crippen LogP contribution in [-0.2, 0) is 33.7 Å². The topological polar surface area (TPSA) is 116 Å². The van der Waals surface area contributed by atoms with Gasteiger partial charge in [0, 0.05) is 6.92 Å². The van der Waals surface area contributed by atoms with Crippen molar-refractivity contribution in [1.82, 2.24) is 5.32 Å². The highest BCUT2D eigenvalue weighted by Crippen LogP contribution is 2.01. The molecule has 0 aliphatic heterocycles. The highest BCUT2D eigenvalue weighted by atomic mass is 32.2. The Labute approximate surface area is 111 Å². The molecule has 0 saturated carbocycles. The van der Waals surface area contributed by atoms with Crippen molar-refractivity contribution in [1.29, 1.82) is 0 Å². The molecular formula is C10H17NO7S. The van der Waals surface area contributed by atoms with Gasteiger partial charge in [0.15, 0.2) is 9.84 Å². The number of hydrogen-bond donors (Lipinski definition) is 1.